The van der Waals surface area contributed by atoms with E-state index in [1.807, 2.05) is 12.1 Å². The van der Waals surface area contributed by atoms with Crippen LogP contribution in [0.2, 0.25) is 0 Å². The molecule has 0 saturated heterocycles. The number of halogens is 1. The van der Waals surface area contributed by atoms with Crippen LogP contribution < -0.4 is 10.1 Å². The van der Waals surface area contributed by atoms with Gasteiger partial charge in [-0.3, -0.25) is 4.79 Å². The highest BCUT2D eigenvalue weighted by Crippen LogP contribution is 2.30. The Bertz CT molecular complexity index is 832. The number of nitrogens with one attached hydrogen (secondary N) is 1. The second-order valence-corrected chi connectivity index (χ2v) is 7.67. The monoisotopic (exact) mass is 367 g/mol. The van der Waals surface area contributed by atoms with Gasteiger partial charge >= 0.3 is 0 Å². The molecule has 0 aliphatic carbocycles. The van der Waals surface area contributed by atoms with Gasteiger partial charge in [-0.2, -0.15) is 0 Å². The van der Waals surface area contributed by atoms with Crippen molar-refractivity contribution in [2.24, 2.45) is 0 Å². The molecule has 0 atom stereocenters. The van der Waals surface area contributed by atoms with Gasteiger partial charge in [0.25, 0.3) is 9.05 Å². The first-order chi connectivity index (χ1) is 11.3. The van der Waals surface area contributed by atoms with Gasteiger partial charge in [-0.05, 0) is 37.6 Å². The average molecular weight is 368 g/mol. The molecule has 0 spiro atoms. The van der Waals surface area contributed by atoms with Crippen molar-refractivity contribution >= 4 is 31.2 Å². The van der Waals surface area contributed by atoms with Crippen LogP contribution in [-0.2, 0) is 15.6 Å². The Labute approximate surface area is 146 Å². The number of carbonyl (C=O) groups is 1. The van der Waals surface area contributed by atoms with Crippen LogP contribution in [0.5, 0.6) is 5.75 Å². The van der Waals surface area contributed by atoms with Gasteiger partial charge in [0.2, 0.25) is 0 Å². The number of Topliss-reactive ketones (excluding diaryl/α,β-unsaturated/α-hetero) is 1. The van der Waals surface area contributed by atoms with E-state index < -0.39 is 9.05 Å². The maximum atomic E-state index is 11.7. The van der Waals surface area contributed by atoms with E-state index in [1.165, 1.54) is 13.0 Å². The van der Waals surface area contributed by atoms with Gasteiger partial charge in [0.1, 0.15) is 10.6 Å². The number of carbonyl (C=O) groups excluding carboxylic acids is 1. The average Bonchev–Trinajstić information content (AvgIpc) is 2.53. The van der Waals surface area contributed by atoms with E-state index in [2.05, 4.69) is 5.32 Å². The van der Waals surface area contributed by atoms with E-state index in [0.29, 0.717) is 24.4 Å². The van der Waals surface area contributed by atoms with E-state index in [0.717, 1.165) is 5.56 Å². The molecule has 0 radical (unpaired) electrons. The summed E-state index contributed by atoms with van der Waals surface area (Å²) in [7, 11) is 1.56. The number of benzene rings is 2. The van der Waals surface area contributed by atoms with Gasteiger partial charge < -0.3 is 10.1 Å². The molecule has 2 rings (SSSR count). The smallest absolute Gasteiger partial charge is 0.265 e. The predicted octanol–water partition coefficient (Wildman–Crippen LogP) is 3.83. The SMILES string of the molecule is CCOc1ccc(NCc2ccc(C(C)=O)cc2)cc1S(=O)(=O)Cl. The summed E-state index contributed by atoms with van der Waals surface area (Å²) in [4.78, 5) is 11.2. The summed E-state index contributed by atoms with van der Waals surface area (Å²) in [5.74, 6) is 0.238. The maximum Gasteiger partial charge on any atom is 0.265 e. The van der Waals surface area contributed by atoms with Crippen molar-refractivity contribution in [3.05, 3.63) is 53.6 Å². The Kier molecular flexibility index (Phi) is 5.85. The zero-order valence-corrected chi connectivity index (χ0v) is 14.9. The zero-order valence-electron chi connectivity index (χ0n) is 13.4. The second kappa shape index (κ2) is 7.68. The molecular weight excluding hydrogens is 350 g/mol. The van der Waals surface area contributed by atoms with Gasteiger partial charge in [0, 0.05) is 28.5 Å². The van der Waals surface area contributed by atoms with Crippen LogP contribution in [0.15, 0.2) is 47.4 Å². The lowest BCUT2D eigenvalue weighted by molar-refractivity contribution is 0.101. The zero-order chi connectivity index (χ0) is 17.7. The molecule has 5 nitrogen and oxygen atoms in total. The highest BCUT2D eigenvalue weighted by molar-refractivity contribution is 8.13. The Morgan fingerprint density at radius 2 is 1.83 bits per heavy atom. The molecule has 0 aromatic heterocycles. The standard InChI is InChI=1S/C17H18ClNO4S/c1-3-23-16-9-8-15(10-17(16)24(18,21)22)19-11-13-4-6-14(7-5-13)12(2)20/h4-10,19H,3,11H2,1-2H3. The van der Waals surface area contributed by atoms with Crippen LogP contribution in [0.25, 0.3) is 0 Å². The summed E-state index contributed by atoms with van der Waals surface area (Å²) in [6, 6.07) is 11.9. The van der Waals surface area contributed by atoms with E-state index in [9.17, 15) is 13.2 Å². The van der Waals surface area contributed by atoms with Gasteiger partial charge in [-0.15, -0.1) is 0 Å². The minimum Gasteiger partial charge on any atom is -0.492 e. The molecule has 0 saturated carbocycles. The predicted molar refractivity (Wildman–Crippen MR) is 94.4 cm³/mol. The van der Waals surface area contributed by atoms with Crippen LogP contribution in [0.4, 0.5) is 5.69 Å². The number of anilines is 1. The molecular formula is C17H18ClNO4S. The van der Waals surface area contributed by atoms with Crippen molar-refractivity contribution in [1.82, 2.24) is 0 Å². The summed E-state index contributed by atoms with van der Waals surface area (Å²) in [6.45, 7) is 4.10. The molecule has 7 heteroatoms. The Balaban J connectivity index is 2.16. The van der Waals surface area contributed by atoms with E-state index >= 15 is 0 Å². The summed E-state index contributed by atoms with van der Waals surface area (Å²) in [6.07, 6.45) is 0. The van der Waals surface area contributed by atoms with Gasteiger partial charge in [-0.25, -0.2) is 8.42 Å². The third kappa shape index (κ3) is 4.72. The second-order valence-electron chi connectivity index (χ2n) is 5.14. The van der Waals surface area contributed by atoms with Crippen molar-refractivity contribution in [2.45, 2.75) is 25.3 Å². The summed E-state index contributed by atoms with van der Waals surface area (Å²) in [5, 5.41) is 3.13. The largest absolute Gasteiger partial charge is 0.492 e. The van der Waals surface area contributed by atoms with Gasteiger partial charge in [0.15, 0.2) is 5.78 Å². The fourth-order valence-electron chi connectivity index (χ4n) is 2.14. The molecule has 24 heavy (non-hydrogen) atoms. The molecule has 0 aliphatic heterocycles. The molecule has 0 aliphatic rings. The summed E-state index contributed by atoms with van der Waals surface area (Å²) in [5.41, 5.74) is 2.22. The molecule has 0 unspecified atom stereocenters. The molecule has 0 amide bonds. The van der Waals surface area contributed by atoms with Crippen molar-refractivity contribution in [2.75, 3.05) is 11.9 Å². The van der Waals surface area contributed by atoms with E-state index in [-0.39, 0.29) is 16.4 Å². The first-order valence-electron chi connectivity index (χ1n) is 7.36. The quantitative estimate of drug-likeness (QED) is 0.594. The Morgan fingerprint density at radius 3 is 2.38 bits per heavy atom. The van der Waals surface area contributed by atoms with Crippen LogP contribution in [-0.4, -0.2) is 20.8 Å². The first kappa shape index (κ1) is 18.3. The highest BCUT2D eigenvalue weighted by Gasteiger charge is 2.17. The third-order valence-corrected chi connectivity index (χ3v) is 4.71. The van der Waals surface area contributed by atoms with E-state index in [4.69, 9.17) is 15.4 Å². The van der Waals surface area contributed by atoms with Crippen molar-refractivity contribution in [3.8, 4) is 5.75 Å². The number of hydrogen-bond donors (Lipinski definition) is 1. The minimum atomic E-state index is -3.91. The normalized spacial score (nSPS) is 11.1. The fourth-order valence-corrected chi connectivity index (χ4v) is 3.14. The molecule has 1 N–H and O–H groups in total. The van der Waals surface area contributed by atoms with Gasteiger partial charge in [0.05, 0.1) is 6.61 Å². The molecule has 0 fully saturated rings. The molecule has 0 heterocycles. The maximum absolute atomic E-state index is 11.7. The highest BCUT2D eigenvalue weighted by atomic mass is 35.7. The summed E-state index contributed by atoms with van der Waals surface area (Å²) < 4.78 is 28.7. The Morgan fingerprint density at radius 1 is 1.17 bits per heavy atom. The number of ether oxygens (including phenoxy) is 1. The number of ketones is 1. The van der Waals surface area contributed by atoms with Gasteiger partial charge in [-0.1, -0.05) is 24.3 Å². The van der Waals surface area contributed by atoms with Crippen molar-refractivity contribution in [3.63, 3.8) is 0 Å². The minimum absolute atomic E-state index is 0.0120. The van der Waals surface area contributed by atoms with Crippen LogP contribution >= 0.6 is 10.7 Å². The topological polar surface area (TPSA) is 72.5 Å². The molecule has 0 bridgehead atoms. The molecule has 2 aromatic rings. The van der Waals surface area contributed by atoms with Crippen LogP contribution in [0.3, 0.4) is 0 Å². The lowest BCUT2D eigenvalue weighted by atomic mass is 10.1. The van der Waals surface area contributed by atoms with E-state index in [1.54, 1.807) is 31.2 Å². The molecule has 128 valence electrons. The van der Waals surface area contributed by atoms with Crippen molar-refractivity contribution < 1.29 is 17.9 Å². The van der Waals surface area contributed by atoms with Crippen molar-refractivity contribution in [1.29, 1.82) is 0 Å². The lowest BCUT2D eigenvalue weighted by Crippen LogP contribution is -2.03. The lowest BCUT2D eigenvalue weighted by Gasteiger charge is -2.12. The number of rotatable bonds is 7. The summed E-state index contributed by atoms with van der Waals surface area (Å²) >= 11 is 0. The van der Waals surface area contributed by atoms with Crippen LogP contribution in [0, 0.1) is 0 Å². The fraction of sp³-hybridized carbons (Fsp3) is 0.235. The first-order valence-corrected chi connectivity index (χ1v) is 9.67. The van der Waals surface area contributed by atoms with Crippen LogP contribution in [0.1, 0.15) is 29.8 Å². The Hall–Kier alpha value is -2.05. The third-order valence-electron chi connectivity index (χ3n) is 3.36. The molecule has 2 aromatic carbocycles. The number of hydrogen-bond acceptors (Lipinski definition) is 5.